The predicted octanol–water partition coefficient (Wildman–Crippen LogP) is 3.66. The highest BCUT2D eigenvalue weighted by molar-refractivity contribution is 9.10. The van der Waals surface area contributed by atoms with Crippen LogP contribution >= 0.6 is 27.5 Å². The number of ether oxygens (including phenoxy) is 1. The fraction of sp³-hybridized carbons (Fsp3) is 0.143. The molecule has 100 valence electrons. The molecule has 0 aromatic heterocycles. The highest BCUT2D eigenvalue weighted by Crippen LogP contribution is 2.30. The molecule has 2 aromatic rings. The molecule has 0 heterocycles. The molecule has 0 aliphatic heterocycles. The molecule has 19 heavy (non-hydrogen) atoms. The molecule has 2 rings (SSSR count). The summed E-state index contributed by atoms with van der Waals surface area (Å²) in [6.45, 7) is 0. The van der Waals surface area contributed by atoms with Crippen LogP contribution in [0.4, 0.5) is 0 Å². The first-order chi connectivity index (χ1) is 9.15. The Kier molecular flexibility index (Phi) is 4.82. The smallest absolute Gasteiger partial charge is 0.118 e. The van der Waals surface area contributed by atoms with Gasteiger partial charge in [0.25, 0.3) is 0 Å². The minimum atomic E-state index is -0.161. The van der Waals surface area contributed by atoms with Crippen LogP contribution in [-0.4, -0.2) is 7.11 Å². The maximum absolute atomic E-state index is 6.26. The molecule has 5 heteroatoms. The largest absolute Gasteiger partial charge is 0.497 e. The molecule has 2 aromatic carbocycles. The third-order valence-corrected chi connectivity index (χ3v) is 3.71. The highest BCUT2D eigenvalue weighted by atomic mass is 79.9. The lowest BCUT2D eigenvalue weighted by atomic mass is 9.99. The van der Waals surface area contributed by atoms with Gasteiger partial charge >= 0.3 is 0 Å². The van der Waals surface area contributed by atoms with Crippen molar-refractivity contribution in [2.75, 3.05) is 7.11 Å². The van der Waals surface area contributed by atoms with Gasteiger partial charge in [0.1, 0.15) is 5.75 Å². The monoisotopic (exact) mass is 340 g/mol. The van der Waals surface area contributed by atoms with Crippen molar-refractivity contribution in [2.45, 2.75) is 6.04 Å². The number of hydrogen-bond acceptors (Lipinski definition) is 3. The molecule has 3 nitrogen and oxygen atoms in total. The van der Waals surface area contributed by atoms with Gasteiger partial charge in [-0.05, 0) is 35.4 Å². The average molecular weight is 342 g/mol. The Morgan fingerprint density at radius 3 is 2.42 bits per heavy atom. The SMILES string of the molecule is COc1ccc(C(NN)c2ccc(Br)cc2Cl)cc1. The van der Waals surface area contributed by atoms with E-state index in [0.717, 1.165) is 21.3 Å². The van der Waals surface area contributed by atoms with Crippen LogP contribution in [0.1, 0.15) is 17.2 Å². The van der Waals surface area contributed by atoms with E-state index in [0.29, 0.717) is 5.02 Å². The zero-order chi connectivity index (χ0) is 13.8. The van der Waals surface area contributed by atoms with Crippen molar-refractivity contribution >= 4 is 27.5 Å². The van der Waals surface area contributed by atoms with E-state index in [1.54, 1.807) is 7.11 Å². The zero-order valence-electron chi connectivity index (χ0n) is 10.4. The normalized spacial score (nSPS) is 12.2. The lowest BCUT2D eigenvalue weighted by Gasteiger charge is -2.18. The number of hydrazine groups is 1. The van der Waals surface area contributed by atoms with Gasteiger partial charge in [-0.15, -0.1) is 0 Å². The van der Waals surface area contributed by atoms with Crippen LogP contribution in [0.25, 0.3) is 0 Å². The lowest BCUT2D eigenvalue weighted by Crippen LogP contribution is -2.29. The van der Waals surface area contributed by atoms with E-state index in [1.807, 2.05) is 42.5 Å². The molecule has 0 aliphatic carbocycles. The van der Waals surface area contributed by atoms with Crippen molar-refractivity contribution in [3.8, 4) is 5.75 Å². The van der Waals surface area contributed by atoms with Crippen molar-refractivity contribution in [1.29, 1.82) is 0 Å². The van der Waals surface area contributed by atoms with Gasteiger partial charge in [0.2, 0.25) is 0 Å². The predicted molar refractivity (Wildman–Crippen MR) is 81.3 cm³/mol. The topological polar surface area (TPSA) is 47.3 Å². The summed E-state index contributed by atoms with van der Waals surface area (Å²) in [6.07, 6.45) is 0. The number of rotatable bonds is 4. The molecule has 1 atom stereocenters. The van der Waals surface area contributed by atoms with Crippen molar-refractivity contribution in [3.05, 3.63) is 63.1 Å². The highest BCUT2D eigenvalue weighted by Gasteiger charge is 2.15. The number of nitrogens with one attached hydrogen (secondary N) is 1. The average Bonchev–Trinajstić information content (AvgIpc) is 2.42. The first kappa shape index (κ1) is 14.3. The molecule has 3 N–H and O–H groups in total. The van der Waals surface area contributed by atoms with Gasteiger partial charge in [0, 0.05) is 9.50 Å². The molecule has 0 fully saturated rings. The van der Waals surface area contributed by atoms with Gasteiger partial charge in [-0.2, -0.15) is 0 Å². The van der Waals surface area contributed by atoms with Crippen LogP contribution < -0.4 is 16.0 Å². The molecule has 0 amide bonds. The number of nitrogens with two attached hydrogens (primary N) is 1. The van der Waals surface area contributed by atoms with Gasteiger partial charge in [0.05, 0.1) is 13.2 Å². The third-order valence-electron chi connectivity index (χ3n) is 2.89. The van der Waals surface area contributed by atoms with E-state index in [4.69, 9.17) is 22.2 Å². The third kappa shape index (κ3) is 3.28. The summed E-state index contributed by atoms with van der Waals surface area (Å²) in [4.78, 5) is 0. The summed E-state index contributed by atoms with van der Waals surface area (Å²) < 4.78 is 6.08. The summed E-state index contributed by atoms with van der Waals surface area (Å²) in [5.41, 5.74) is 4.74. The first-order valence-electron chi connectivity index (χ1n) is 5.70. The Balaban J connectivity index is 2.37. The first-order valence-corrected chi connectivity index (χ1v) is 6.88. The molecule has 0 saturated carbocycles. The van der Waals surface area contributed by atoms with Crippen LogP contribution in [0.5, 0.6) is 5.75 Å². The molecular formula is C14H14BrClN2O. The fourth-order valence-electron chi connectivity index (χ4n) is 1.90. The standard InChI is InChI=1S/C14H14BrClN2O/c1-19-11-5-2-9(3-6-11)14(18-17)12-7-4-10(15)8-13(12)16/h2-8,14,18H,17H2,1H3. The lowest BCUT2D eigenvalue weighted by molar-refractivity contribution is 0.414. The van der Waals surface area contributed by atoms with E-state index in [1.165, 1.54) is 0 Å². The zero-order valence-corrected chi connectivity index (χ0v) is 12.7. The molecule has 1 unspecified atom stereocenters. The Bertz CT molecular complexity index is 560. The molecular weight excluding hydrogens is 328 g/mol. The van der Waals surface area contributed by atoms with Gasteiger partial charge in [-0.3, -0.25) is 5.84 Å². The van der Waals surface area contributed by atoms with E-state index in [-0.39, 0.29) is 6.04 Å². The van der Waals surface area contributed by atoms with Crippen molar-refractivity contribution in [1.82, 2.24) is 5.43 Å². The second kappa shape index (κ2) is 6.39. The number of halogens is 2. The number of benzene rings is 2. The Labute approximate surface area is 125 Å². The number of hydrogen-bond donors (Lipinski definition) is 2. The summed E-state index contributed by atoms with van der Waals surface area (Å²) in [5, 5.41) is 0.660. The van der Waals surface area contributed by atoms with Gasteiger partial charge in [0.15, 0.2) is 0 Å². The summed E-state index contributed by atoms with van der Waals surface area (Å²) >= 11 is 9.65. The molecule has 0 spiro atoms. The van der Waals surface area contributed by atoms with Crippen molar-refractivity contribution in [3.63, 3.8) is 0 Å². The minimum absolute atomic E-state index is 0.161. The van der Waals surface area contributed by atoms with Crippen molar-refractivity contribution < 1.29 is 4.74 Å². The van der Waals surface area contributed by atoms with Gasteiger partial charge < -0.3 is 4.74 Å². The van der Waals surface area contributed by atoms with Crippen LogP contribution in [0.2, 0.25) is 5.02 Å². The Morgan fingerprint density at radius 1 is 1.21 bits per heavy atom. The van der Waals surface area contributed by atoms with E-state index < -0.39 is 0 Å². The number of methoxy groups -OCH3 is 1. The quantitative estimate of drug-likeness (QED) is 0.659. The molecule has 0 radical (unpaired) electrons. The Hall–Kier alpha value is -1.07. The minimum Gasteiger partial charge on any atom is -0.497 e. The van der Waals surface area contributed by atoms with Crippen LogP contribution in [0.15, 0.2) is 46.9 Å². The van der Waals surface area contributed by atoms with Gasteiger partial charge in [-0.1, -0.05) is 45.7 Å². The van der Waals surface area contributed by atoms with E-state index >= 15 is 0 Å². The van der Waals surface area contributed by atoms with Crippen LogP contribution in [0, 0.1) is 0 Å². The van der Waals surface area contributed by atoms with Crippen LogP contribution in [-0.2, 0) is 0 Å². The van der Waals surface area contributed by atoms with E-state index in [9.17, 15) is 0 Å². The van der Waals surface area contributed by atoms with Crippen LogP contribution in [0.3, 0.4) is 0 Å². The second-order valence-electron chi connectivity index (χ2n) is 4.04. The summed E-state index contributed by atoms with van der Waals surface area (Å²) in [5.74, 6) is 6.47. The summed E-state index contributed by atoms with van der Waals surface area (Å²) in [7, 11) is 1.64. The van der Waals surface area contributed by atoms with Crippen molar-refractivity contribution in [2.24, 2.45) is 5.84 Å². The molecule has 0 saturated heterocycles. The maximum Gasteiger partial charge on any atom is 0.118 e. The fourth-order valence-corrected chi connectivity index (χ4v) is 2.68. The summed E-state index contributed by atoms with van der Waals surface area (Å²) in [6, 6.07) is 13.3. The maximum atomic E-state index is 6.26. The Morgan fingerprint density at radius 2 is 1.89 bits per heavy atom. The molecule has 0 aliphatic rings. The van der Waals surface area contributed by atoms with Gasteiger partial charge in [-0.25, -0.2) is 5.43 Å². The molecule has 0 bridgehead atoms. The van der Waals surface area contributed by atoms with E-state index in [2.05, 4.69) is 21.4 Å². The second-order valence-corrected chi connectivity index (χ2v) is 5.36.